The van der Waals surface area contributed by atoms with Gasteiger partial charge in [0.1, 0.15) is 0 Å². The Bertz CT molecular complexity index is 303. The van der Waals surface area contributed by atoms with Crippen molar-refractivity contribution in [1.82, 2.24) is 0 Å². The number of carboxylic acid groups (broad SMARTS) is 1. The van der Waals surface area contributed by atoms with Gasteiger partial charge in [-0.2, -0.15) is 0 Å². The van der Waals surface area contributed by atoms with Crippen LogP contribution >= 0.6 is 0 Å². The molecule has 0 saturated heterocycles. The normalized spacial score (nSPS) is 9.83. The Morgan fingerprint density at radius 1 is 1.42 bits per heavy atom. The van der Waals surface area contributed by atoms with E-state index in [0.29, 0.717) is 0 Å². The summed E-state index contributed by atoms with van der Waals surface area (Å²) in [5, 5.41) is 8.58. The largest absolute Gasteiger partial charge is 0.481 e. The number of carbonyl (C=O) groups is 1. The molecule has 0 fully saturated rings. The molecule has 0 heterocycles. The summed E-state index contributed by atoms with van der Waals surface area (Å²) >= 11 is 0. The maximum atomic E-state index is 10.4. The highest BCUT2D eigenvalue weighted by Crippen LogP contribution is 2.12. The van der Waals surface area contributed by atoms with E-state index in [2.05, 4.69) is 0 Å². The van der Waals surface area contributed by atoms with Crippen LogP contribution in [0, 0.1) is 13.8 Å². The molecule has 0 aliphatic rings. The molecule has 2 heteroatoms. The first-order valence-electron chi connectivity index (χ1n) is 3.88. The molecule has 0 spiro atoms. The quantitative estimate of drug-likeness (QED) is 0.725. The number of aryl methyl sites for hydroxylation is 1. The van der Waals surface area contributed by atoms with Gasteiger partial charge in [0.25, 0.3) is 0 Å². The Morgan fingerprint density at radius 2 is 2.08 bits per heavy atom. The number of aliphatic carboxylic acids is 1. The highest BCUT2D eigenvalue weighted by Gasteiger charge is 2.04. The van der Waals surface area contributed by atoms with Crippen molar-refractivity contribution in [3.63, 3.8) is 0 Å². The van der Waals surface area contributed by atoms with Crippen LogP contribution in [0.4, 0.5) is 0 Å². The van der Waals surface area contributed by atoms with Crippen molar-refractivity contribution >= 4 is 5.97 Å². The van der Waals surface area contributed by atoms with E-state index in [0.717, 1.165) is 16.7 Å². The van der Waals surface area contributed by atoms with Gasteiger partial charge in [-0.3, -0.25) is 4.79 Å². The molecule has 12 heavy (non-hydrogen) atoms. The summed E-state index contributed by atoms with van der Waals surface area (Å²) in [5.41, 5.74) is 3.14. The van der Waals surface area contributed by atoms with Crippen LogP contribution in [-0.2, 0) is 11.2 Å². The predicted octanol–water partition coefficient (Wildman–Crippen LogP) is 1.93. The predicted molar refractivity (Wildman–Crippen MR) is 47.3 cm³/mol. The molecule has 0 saturated carbocycles. The SMILES string of the molecule is Cc1cccc(CC(=O)O)c1C. The summed E-state index contributed by atoms with van der Waals surface area (Å²) in [6.07, 6.45) is 0.119. The molecule has 1 N–H and O–H groups in total. The van der Waals surface area contributed by atoms with Crippen LogP contribution in [0.3, 0.4) is 0 Å². The Hall–Kier alpha value is -1.31. The summed E-state index contributed by atoms with van der Waals surface area (Å²) in [6, 6.07) is 5.73. The molecule has 64 valence electrons. The van der Waals surface area contributed by atoms with Crippen LogP contribution in [0.1, 0.15) is 16.7 Å². The van der Waals surface area contributed by atoms with E-state index in [1.54, 1.807) is 0 Å². The number of hydrogen-bond donors (Lipinski definition) is 1. The lowest BCUT2D eigenvalue weighted by molar-refractivity contribution is -0.136. The fraction of sp³-hybridized carbons (Fsp3) is 0.300. The van der Waals surface area contributed by atoms with Gasteiger partial charge < -0.3 is 5.11 Å². The molecule has 1 aromatic carbocycles. The second-order valence-electron chi connectivity index (χ2n) is 2.93. The van der Waals surface area contributed by atoms with E-state index in [1.807, 2.05) is 32.0 Å². The zero-order valence-electron chi connectivity index (χ0n) is 7.29. The number of rotatable bonds is 2. The monoisotopic (exact) mass is 164 g/mol. The van der Waals surface area contributed by atoms with Gasteiger partial charge in [-0.05, 0) is 30.5 Å². The standard InChI is InChI=1S/C10H12O2/c1-7-4-3-5-9(8(7)2)6-10(11)12/h3-5H,6H2,1-2H3,(H,11,12). The van der Waals surface area contributed by atoms with Crippen LogP contribution in [0.25, 0.3) is 0 Å². The van der Waals surface area contributed by atoms with Gasteiger partial charge in [0.2, 0.25) is 0 Å². The first kappa shape index (κ1) is 8.78. The molecule has 1 aromatic rings. The fourth-order valence-corrected chi connectivity index (χ4v) is 1.17. The zero-order valence-corrected chi connectivity index (χ0v) is 7.29. The lowest BCUT2D eigenvalue weighted by Gasteiger charge is -2.04. The fourth-order valence-electron chi connectivity index (χ4n) is 1.17. The van der Waals surface area contributed by atoms with Gasteiger partial charge in [0.05, 0.1) is 6.42 Å². The molecule has 0 bridgehead atoms. The second kappa shape index (κ2) is 3.39. The molecule has 2 nitrogen and oxygen atoms in total. The lowest BCUT2D eigenvalue weighted by atomic mass is 10.0. The molecular weight excluding hydrogens is 152 g/mol. The Labute approximate surface area is 71.8 Å². The van der Waals surface area contributed by atoms with E-state index >= 15 is 0 Å². The van der Waals surface area contributed by atoms with E-state index in [-0.39, 0.29) is 6.42 Å². The van der Waals surface area contributed by atoms with Gasteiger partial charge in [0.15, 0.2) is 0 Å². The average Bonchev–Trinajstić information content (AvgIpc) is 1.98. The van der Waals surface area contributed by atoms with Gasteiger partial charge in [-0.15, -0.1) is 0 Å². The maximum absolute atomic E-state index is 10.4. The van der Waals surface area contributed by atoms with E-state index in [4.69, 9.17) is 5.11 Å². The van der Waals surface area contributed by atoms with Crippen LogP contribution in [0.5, 0.6) is 0 Å². The number of hydrogen-bond acceptors (Lipinski definition) is 1. The third kappa shape index (κ3) is 1.84. The summed E-state index contributed by atoms with van der Waals surface area (Å²) in [6.45, 7) is 3.94. The minimum absolute atomic E-state index is 0.119. The van der Waals surface area contributed by atoms with Crippen LogP contribution in [-0.4, -0.2) is 11.1 Å². The summed E-state index contributed by atoms with van der Waals surface area (Å²) in [5.74, 6) is -0.774. The van der Waals surface area contributed by atoms with Gasteiger partial charge in [-0.1, -0.05) is 18.2 Å². The molecule has 0 radical (unpaired) electrons. The van der Waals surface area contributed by atoms with Gasteiger partial charge in [0, 0.05) is 0 Å². The van der Waals surface area contributed by atoms with Crippen molar-refractivity contribution < 1.29 is 9.90 Å². The summed E-state index contributed by atoms with van der Waals surface area (Å²) in [7, 11) is 0. The minimum atomic E-state index is -0.774. The third-order valence-electron chi connectivity index (χ3n) is 2.06. The number of carboxylic acids is 1. The van der Waals surface area contributed by atoms with Crippen molar-refractivity contribution in [1.29, 1.82) is 0 Å². The highest BCUT2D eigenvalue weighted by atomic mass is 16.4. The first-order valence-corrected chi connectivity index (χ1v) is 3.88. The molecule has 0 aliphatic heterocycles. The van der Waals surface area contributed by atoms with Gasteiger partial charge in [-0.25, -0.2) is 0 Å². The molecule has 0 atom stereocenters. The van der Waals surface area contributed by atoms with Crippen molar-refractivity contribution in [2.75, 3.05) is 0 Å². The Balaban J connectivity index is 3.00. The zero-order chi connectivity index (χ0) is 9.14. The maximum Gasteiger partial charge on any atom is 0.307 e. The lowest BCUT2D eigenvalue weighted by Crippen LogP contribution is -2.02. The van der Waals surface area contributed by atoms with Crippen molar-refractivity contribution in [3.8, 4) is 0 Å². The van der Waals surface area contributed by atoms with Crippen molar-refractivity contribution in [2.45, 2.75) is 20.3 Å². The molecular formula is C10H12O2. The Kier molecular flexibility index (Phi) is 2.48. The smallest absolute Gasteiger partial charge is 0.307 e. The summed E-state index contributed by atoms with van der Waals surface area (Å²) < 4.78 is 0. The van der Waals surface area contributed by atoms with Crippen LogP contribution in [0.15, 0.2) is 18.2 Å². The van der Waals surface area contributed by atoms with E-state index < -0.39 is 5.97 Å². The van der Waals surface area contributed by atoms with Crippen molar-refractivity contribution in [3.05, 3.63) is 34.9 Å². The summed E-state index contributed by atoms with van der Waals surface area (Å²) in [4.78, 5) is 10.4. The van der Waals surface area contributed by atoms with Crippen LogP contribution in [0.2, 0.25) is 0 Å². The molecule has 1 rings (SSSR count). The molecule has 0 aromatic heterocycles. The first-order chi connectivity index (χ1) is 5.61. The second-order valence-corrected chi connectivity index (χ2v) is 2.93. The van der Waals surface area contributed by atoms with E-state index in [9.17, 15) is 4.79 Å². The molecule has 0 unspecified atom stereocenters. The molecule has 0 amide bonds. The van der Waals surface area contributed by atoms with Crippen LogP contribution < -0.4 is 0 Å². The topological polar surface area (TPSA) is 37.3 Å². The minimum Gasteiger partial charge on any atom is -0.481 e. The van der Waals surface area contributed by atoms with Crippen molar-refractivity contribution in [2.24, 2.45) is 0 Å². The molecule has 0 aliphatic carbocycles. The van der Waals surface area contributed by atoms with Gasteiger partial charge >= 0.3 is 5.97 Å². The average molecular weight is 164 g/mol. The Morgan fingerprint density at radius 3 is 2.67 bits per heavy atom. The highest BCUT2D eigenvalue weighted by molar-refractivity contribution is 5.70. The third-order valence-corrected chi connectivity index (χ3v) is 2.06. The number of benzene rings is 1. The van der Waals surface area contributed by atoms with E-state index in [1.165, 1.54) is 0 Å².